The standard InChI is InChI=1S/C12H12N2OS/c1-9(8-16)7-14-11-5-3-2-4-10(11)13-6-12(14)15/h2-6,16H,1,7-8H2. The third-order valence-corrected chi connectivity index (χ3v) is 2.81. The lowest BCUT2D eigenvalue weighted by Crippen LogP contribution is -2.21. The van der Waals surface area contributed by atoms with Crippen LogP contribution in [-0.2, 0) is 6.54 Å². The van der Waals surface area contributed by atoms with E-state index in [0.29, 0.717) is 12.3 Å². The van der Waals surface area contributed by atoms with E-state index in [1.54, 1.807) is 4.57 Å². The number of rotatable bonds is 3. The fourth-order valence-electron chi connectivity index (χ4n) is 1.55. The SMILES string of the molecule is C=C(CS)Cn1c(=O)cnc2ccccc21. The highest BCUT2D eigenvalue weighted by Crippen LogP contribution is 2.09. The van der Waals surface area contributed by atoms with Crippen LogP contribution in [0.15, 0.2) is 47.4 Å². The Morgan fingerprint density at radius 2 is 2.19 bits per heavy atom. The zero-order valence-electron chi connectivity index (χ0n) is 8.76. The van der Waals surface area contributed by atoms with Gasteiger partial charge in [-0.25, -0.2) is 4.98 Å². The second-order valence-electron chi connectivity index (χ2n) is 3.58. The van der Waals surface area contributed by atoms with Crippen LogP contribution in [0.4, 0.5) is 0 Å². The van der Waals surface area contributed by atoms with Crippen molar-refractivity contribution in [1.82, 2.24) is 9.55 Å². The van der Waals surface area contributed by atoms with Crippen LogP contribution in [0.5, 0.6) is 0 Å². The fraction of sp³-hybridized carbons (Fsp3) is 0.167. The number of benzene rings is 1. The van der Waals surface area contributed by atoms with E-state index in [1.807, 2.05) is 24.3 Å². The Hall–Kier alpha value is -1.55. The summed E-state index contributed by atoms with van der Waals surface area (Å²) in [5, 5.41) is 0. The van der Waals surface area contributed by atoms with Gasteiger partial charge in [0.25, 0.3) is 5.56 Å². The normalized spacial score (nSPS) is 10.6. The molecule has 0 aliphatic rings. The average Bonchev–Trinajstić information content (AvgIpc) is 2.32. The number of fused-ring (bicyclic) bond motifs is 1. The van der Waals surface area contributed by atoms with Crippen molar-refractivity contribution in [2.24, 2.45) is 0 Å². The van der Waals surface area contributed by atoms with Crippen LogP contribution in [0.1, 0.15) is 0 Å². The number of para-hydroxylation sites is 2. The van der Waals surface area contributed by atoms with Gasteiger partial charge in [-0.2, -0.15) is 12.6 Å². The molecule has 0 unspecified atom stereocenters. The summed E-state index contributed by atoms with van der Waals surface area (Å²) in [4.78, 5) is 15.8. The van der Waals surface area contributed by atoms with Crippen molar-refractivity contribution in [1.29, 1.82) is 0 Å². The van der Waals surface area contributed by atoms with Crippen molar-refractivity contribution in [3.8, 4) is 0 Å². The van der Waals surface area contributed by atoms with Gasteiger partial charge in [0, 0.05) is 12.3 Å². The Bertz CT molecular complexity index is 589. The van der Waals surface area contributed by atoms with Crippen molar-refractivity contribution in [3.63, 3.8) is 0 Å². The maximum absolute atomic E-state index is 11.7. The summed E-state index contributed by atoms with van der Waals surface area (Å²) < 4.78 is 1.67. The lowest BCUT2D eigenvalue weighted by atomic mass is 10.2. The molecule has 1 heterocycles. The molecule has 0 atom stereocenters. The Morgan fingerprint density at radius 1 is 1.44 bits per heavy atom. The molecule has 16 heavy (non-hydrogen) atoms. The molecular formula is C12H12N2OS. The molecule has 0 amide bonds. The molecule has 0 fully saturated rings. The van der Waals surface area contributed by atoms with E-state index in [0.717, 1.165) is 16.6 Å². The predicted octanol–water partition coefficient (Wildman–Crippen LogP) is 1.88. The molecule has 0 N–H and O–H groups in total. The number of hydrogen-bond acceptors (Lipinski definition) is 3. The second kappa shape index (κ2) is 4.53. The molecule has 0 aliphatic carbocycles. The molecule has 1 aromatic carbocycles. The van der Waals surface area contributed by atoms with Gasteiger partial charge in [-0.15, -0.1) is 0 Å². The first-order valence-electron chi connectivity index (χ1n) is 4.94. The summed E-state index contributed by atoms with van der Waals surface area (Å²) in [6, 6.07) is 7.56. The van der Waals surface area contributed by atoms with Crippen LogP contribution in [0.2, 0.25) is 0 Å². The van der Waals surface area contributed by atoms with Crippen LogP contribution in [-0.4, -0.2) is 15.3 Å². The maximum atomic E-state index is 11.7. The summed E-state index contributed by atoms with van der Waals surface area (Å²) in [6.07, 6.45) is 1.34. The summed E-state index contributed by atoms with van der Waals surface area (Å²) in [7, 11) is 0. The Morgan fingerprint density at radius 3 is 2.94 bits per heavy atom. The van der Waals surface area contributed by atoms with Gasteiger partial charge in [0.15, 0.2) is 0 Å². The quantitative estimate of drug-likeness (QED) is 0.648. The smallest absolute Gasteiger partial charge is 0.269 e. The second-order valence-corrected chi connectivity index (χ2v) is 3.90. The van der Waals surface area contributed by atoms with Crippen LogP contribution in [0.3, 0.4) is 0 Å². The van der Waals surface area contributed by atoms with Gasteiger partial charge in [-0.05, 0) is 17.7 Å². The molecule has 0 saturated carbocycles. The summed E-state index contributed by atoms with van der Waals surface area (Å²) in [5.41, 5.74) is 2.44. The first-order valence-corrected chi connectivity index (χ1v) is 5.57. The van der Waals surface area contributed by atoms with E-state index in [9.17, 15) is 4.79 Å². The lowest BCUT2D eigenvalue weighted by Gasteiger charge is -2.09. The van der Waals surface area contributed by atoms with Gasteiger partial charge in [-0.1, -0.05) is 18.7 Å². The van der Waals surface area contributed by atoms with Gasteiger partial charge in [0.2, 0.25) is 0 Å². The molecule has 0 spiro atoms. The minimum atomic E-state index is -0.110. The van der Waals surface area contributed by atoms with E-state index in [1.165, 1.54) is 6.20 Å². The number of nitrogens with zero attached hydrogens (tertiary/aromatic N) is 2. The first-order chi connectivity index (χ1) is 7.72. The molecule has 3 nitrogen and oxygen atoms in total. The van der Waals surface area contributed by atoms with E-state index in [2.05, 4.69) is 24.2 Å². The molecular weight excluding hydrogens is 220 g/mol. The van der Waals surface area contributed by atoms with Crippen molar-refractivity contribution < 1.29 is 0 Å². The van der Waals surface area contributed by atoms with E-state index in [-0.39, 0.29) is 5.56 Å². The van der Waals surface area contributed by atoms with E-state index < -0.39 is 0 Å². The van der Waals surface area contributed by atoms with Crippen molar-refractivity contribution >= 4 is 23.7 Å². The third-order valence-electron chi connectivity index (χ3n) is 2.36. The van der Waals surface area contributed by atoms with Crippen LogP contribution in [0, 0.1) is 0 Å². The van der Waals surface area contributed by atoms with Crippen LogP contribution < -0.4 is 5.56 Å². The fourth-order valence-corrected chi connectivity index (χ4v) is 1.65. The Balaban J connectivity index is 2.61. The Kier molecular flexibility index (Phi) is 3.10. The van der Waals surface area contributed by atoms with Crippen LogP contribution >= 0.6 is 12.6 Å². The molecule has 1 aromatic heterocycles. The molecule has 82 valence electrons. The summed E-state index contributed by atoms with van der Waals surface area (Å²) in [6.45, 7) is 4.35. The van der Waals surface area contributed by atoms with Gasteiger partial charge < -0.3 is 4.57 Å². The highest BCUT2D eigenvalue weighted by atomic mass is 32.1. The van der Waals surface area contributed by atoms with E-state index in [4.69, 9.17) is 0 Å². The molecule has 2 rings (SSSR count). The topological polar surface area (TPSA) is 34.9 Å². The van der Waals surface area contributed by atoms with Crippen molar-refractivity contribution in [2.45, 2.75) is 6.54 Å². The Labute approximate surface area is 98.8 Å². The predicted molar refractivity (Wildman–Crippen MR) is 69.0 cm³/mol. The number of thiol groups is 1. The zero-order valence-corrected chi connectivity index (χ0v) is 9.65. The minimum Gasteiger partial charge on any atom is -0.301 e. The van der Waals surface area contributed by atoms with Crippen molar-refractivity contribution in [3.05, 3.63) is 53.0 Å². The largest absolute Gasteiger partial charge is 0.301 e. The monoisotopic (exact) mass is 232 g/mol. The number of aromatic nitrogens is 2. The highest BCUT2D eigenvalue weighted by molar-refractivity contribution is 7.80. The number of hydrogen-bond donors (Lipinski definition) is 1. The summed E-state index contributed by atoms with van der Waals surface area (Å²) in [5.74, 6) is 0.573. The van der Waals surface area contributed by atoms with Crippen LogP contribution in [0.25, 0.3) is 11.0 Å². The van der Waals surface area contributed by atoms with E-state index >= 15 is 0 Å². The molecule has 0 saturated heterocycles. The minimum absolute atomic E-state index is 0.110. The highest BCUT2D eigenvalue weighted by Gasteiger charge is 2.03. The maximum Gasteiger partial charge on any atom is 0.269 e. The molecule has 0 radical (unpaired) electrons. The molecule has 0 aliphatic heterocycles. The van der Waals surface area contributed by atoms with Gasteiger partial charge in [0.05, 0.1) is 17.2 Å². The van der Waals surface area contributed by atoms with Gasteiger partial charge in [-0.3, -0.25) is 4.79 Å². The third kappa shape index (κ3) is 2.02. The summed E-state index contributed by atoms with van der Waals surface area (Å²) >= 11 is 4.14. The van der Waals surface area contributed by atoms with Gasteiger partial charge in [0.1, 0.15) is 0 Å². The van der Waals surface area contributed by atoms with Crippen molar-refractivity contribution in [2.75, 3.05) is 5.75 Å². The molecule has 4 heteroatoms. The first kappa shape index (κ1) is 11.0. The zero-order chi connectivity index (χ0) is 11.5. The average molecular weight is 232 g/mol. The molecule has 0 bridgehead atoms. The lowest BCUT2D eigenvalue weighted by molar-refractivity contribution is 0.778. The molecule has 2 aromatic rings. The van der Waals surface area contributed by atoms with Gasteiger partial charge >= 0.3 is 0 Å².